The van der Waals surface area contributed by atoms with Crippen molar-refractivity contribution in [2.24, 2.45) is 5.92 Å². The van der Waals surface area contributed by atoms with Gasteiger partial charge in [-0.05, 0) is 30.0 Å². The van der Waals surface area contributed by atoms with Crippen molar-refractivity contribution in [3.8, 4) is 0 Å². The van der Waals surface area contributed by atoms with Gasteiger partial charge < -0.3 is 5.32 Å². The predicted molar refractivity (Wildman–Crippen MR) is 94.9 cm³/mol. The van der Waals surface area contributed by atoms with Gasteiger partial charge in [0.2, 0.25) is 0 Å². The van der Waals surface area contributed by atoms with Crippen LogP contribution in [0.4, 0.5) is 26.3 Å². The molecule has 0 spiro atoms. The fourth-order valence-corrected chi connectivity index (χ4v) is 3.67. The maximum absolute atomic E-state index is 13.6. The van der Waals surface area contributed by atoms with Crippen molar-refractivity contribution >= 4 is 12.4 Å². The van der Waals surface area contributed by atoms with Crippen LogP contribution < -0.4 is 5.32 Å². The molecule has 0 bridgehead atoms. The molecule has 1 N–H and O–H groups in total. The molecule has 0 amide bonds. The van der Waals surface area contributed by atoms with E-state index in [1.807, 2.05) is 18.7 Å². The third kappa shape index (κ3) is 5.99. The highest BCUT2D eigenvalue weighted by molar-refractivity contribution is 5.85. The molecule has 156 valence electrons. The van der Waals surface area contributed by atoms with E-state index in [4.69, 9.17) is 0 Å². The highest BCUT2D eigenvalue weighted by Gasteiger charge is 2.41. The second-order valence-electron chi connectivity index (χ2n) is 6.79. The van der Waals surface area contributed by atoms with Crippen molar-refractivity contribution in [3.05, 3.63) is 34.9 Å². The number of benzene rings is 1. The molecule has 2 atom stereocenters. The summed E-state index contributed by atoms with van der Waals surface area (Å²) in [6, 6.07) is 1.47. The van der Waals surface area contributed by atoms with Gasteiger partial charge in [0.25, 0.3) is 0 Å². The molecule has 1 aromatic carbocycles. The standard InChI is InChI=1S/C18H24F6N2.ClH/c1-3-4-12(2)16(26-9-7-25-8-10-26)14-6-5-13(17(19,20)21)11-15(14)18(22,23)24;/h5-6,11-12,16,25H,3-4,7-10H2,1-2H3;1H/t12?,16-;/m1./s1. The molecule has 1 unspecified atom stereocenters. The summed E-state index contributed by atoms with van der Waals surface area (Å²) in [6.45, 7) is 6.25. The quantitative estimate of drug-likeness (QED) is 0.632. The number of hydrogen-bond acceptors (Lipinski definition) is 2. The molecule has 1 heterocycles. The summed E-state index contributed by atoms with van der Waals surface area (Å²) in [4.78, 5) is 1.95. The Morgan fingerprint density at radius 2 is 1.63 bits per heavy atom. The van der Waals surface area contributed by atoms with Gasteiger partial charge in [-0.25, -0.2) is 0 Å². The first kappa shape index (κ1) is 24.0. The monoisotopic (exact) mass is 418 g/mol. The molecular formula is C18H25ClF6N2. The third-order valence-corrected chi connectivity index (χ3v) is 4.83. The minimum atomic E-state index is -4.84. The molecule has 0 aromatic heterocycles. The zero-order valence-electron chi connectivity index (χ0n) is 15.3. The van der Waals surface area contributed by atoms with Gasteiger partial charge in [0.1, 0.15) is 0 Å². The Hall–Kier alpha value is -0.990. The van der Waals surface area contributed by atoms with E-state index >= 15 is 0 Å². The first-order chi connectivity index (χ1) is 12.1. The molecule has 0 aliphatic carbocycles. The van der Waals surface area contributed by atoms with E-state index in [0.717, 1.165) is 18.6 Å². The van der Waals surface area contributed by atoms with Crippen LogP contribution in [0.5, 0.6) is 0 Å². The Kier molecular flexibility index (Phi) is 8.44. The molecule has 9 heteroatoms. The largest absolute Gasteiger partial charge is 0.416 e. The first-order valence-corrected chi connectivity index (χ1v) is 8.78. The topological polar surface area (TPSA) is 15.3 Å². The maximum atomic E-state index is 13.6. The van der Waals surface area contributed by atoms with Crippen LogP contribution in [0.3, 0.4) is 0 Å². The second kappa shape index (κ2) is 9.47. The molecule has 2 nitrogen and oxygen atoms in total. The molecule has 1 aromatic rings. The number of rotatable bonds is 5. The number of halogens is 7. The zero-order valence-corrected chi connectivity index (χ0v) is 16.1. The molecule has 1 aliphatic heterocycles. The minimum absolute atomic E-state index is 0. The number of hydrogen-bond donors (Lipinski definition) is 1. The average molecular weight is 419 g/mol. The zero-order chi connectivity index (χ0) is 19.5. The Morgan fingerprint density at radius 1 is 1.04 bits per heavy atom. The Morgan fingerprint density at radius 3 is 2.11 bits per heavy atom. The van der Waals surface area contributed by atoms with Crippen LogP contribution >= 0.6 is 12.4 Å². The van der Waals surface area contributed by atoms with Crippen LogP contribution in [0.25, 0.3) is 0 Å². The summed E-state index contributed by atoms with van der Waals surface area (Å²) in [6.07, 6.45) is -8.15. The van der Waals surface area contributed by atoms with Gasteiger partial charge in [0.15, 0.2) is 0 Å². The summed E-state index contributed by atoms with van der Waals surface area (Å²) >= 11 is 0. The Labute approximate surface area is 161 Å². The number of nitrogens with one attached hydrogen (secondary N) is 1. The predicted octanol–water partition coefficient (Wildman–Crippen LogP) is 5.53. The number of nitrogens with zero attached hydrogens (tertiary/aromatic N) is 1. The fourth-order valence-electron chi connectivity index (χ4n) is 3.67. The molecule has 1 fully saturated rings. The first-order valence-electron chi connectivity index (χ1n) is 8.78. The van der Waals surface area contributed by atoms with Crippen LogP contribution in [-0.2, 0) is 12.4 Å². The second-order valence-corrected chi connectivity index (χ2v) is 6.79. The van der Waals surface area contributed by atoms with Gasteiger partial charge in [0.05, 0.1) is 11.1 Å². The molecule has 1 saturated heterocycles. The SMILES string of the molecule is CCCC(C)[C@H](c1ccc(C(F)(F)F)cc1C(F)(F)F)N1CCNCC1.Cl. The van der Waals surface area contributed by atoms with Crippen LogP contribution in [-0.4, -0.2) is 31.1 Å². The van der Waals surface area contributed by atoms with E-state index in [2.05, 4.69) is 5.32 Å². The molecule has 0 radical (unpaired) electrons. The summed E-state index contributed by atoms with van der Waals surface area (Å²) in [5.41, 5.74) is -2.51. The van der Waals surface area contributed by atoms with Crippen LogP contribution in [0.2, 0.25) is 0 Å². The van der Waals surface area contributed by atoms with Gasteiger partial charge >= 0.3 is 12.4 Å². The van der Waals surface area contributed by atoms with Crippen molar-refractivity contribution in [3.63, 3.8) is 0 Å². The van der Waals surface area contributed by atoms with E-state index in [9.17, 15) is 26.3 Å². The van der Waals surface area contributed by atoms with Crippen molar-refractivity contribution < 1.29 is 26.3 Å². The van der Waals surface area contributed by atoms with Gasteiger partial charge in [-0.2, -0.15) is 26.3 Å². The van der Waals surface area contributed by atoms with E-state index in [-0.39, 0.29) is 30.0 Å². The summed E-state index contributed by atoms with van der Waals surface area (Å²) < 4.78 is 79.6. The van der Waals surface area contributed by atoms with Crippen molar-refractivity contribution in [2.75, 3.05) is 26.2 Å². The van der Waals surface area contributed by atoms with Crippen LogP contribution in [0.15, 0.2) is 18.2 Å². The minimum Gasteiger partial charge on any atom is -0.314 e. The van der Waals surface area contributed by atoms with E-state index < -0.39 is 29.5 Å². The molecule has 2 rings (SSSR count). The number of piperazine rings is 1. The van der Waals surface area contributed by atoms with Crippen molar-refractivity contribution in [1.82, 2.24) is 10.2 Å². The molecule has 0 saturated carbocycles. The third-order valence-electron chi connectivity index (χ3n) is 4.83. The smallest absolute Gasteiger partial charge is 0.314 e. The van der Waals surface area contributed by atoms with Crippen molar-refractivity contribution in [2.45, 2.75) is 45.1 Å². The summed E-state index contributed by atoms with van der Waals surface area (Å²) in [5.74, 6) is -0.101. The van der Waals surface area contributed by atoms with E-state index in [1.54, 1.807) is 0 Å². The lowest BCUT2D eigenvalue weighted by Crippen LogP contribution is -2.47. The fraction of sp³-hybridized carbons (Fsp3) is 0.667. The van der Waals surface area contributed by atoms with Gasteiger partial charge in [-0.3, -0.25) is 4.90 Å². The van der Waals surface area contributed by atoms with Crippen LogP contribution in [0, 0.1) is 5.92 Å². The Bertz CT molecular complexity index is 596. The lowest BCUT2D eigenvalue weighted by atomic mass is 9.85. The van der Waals surface area contributed by atoms with E-state index in [0.29, 0.717) is 32.6 Å². The van der Waals surface area contributed by atoms with E-state index in [1.165, 1.54) is 0 Å². The van der Waals surface area contributed by atoms with Gasteiger partial charge in [0, 0.05) is 32.2 Å². The lowest BCUT2D eigenvalue weighted by molar-refractivity contribution is -0.144. The summed E-state index contributed by atoms with van der Waals surface area (Å²) in [5, 5.41) is 3.15. The maximum Gasteiger partial charge on any atom is 0.416 e. The molecule has 27 heavy (non-hydrogen) atoms. The molecular weight excluding hydrogens is 394 g/mol. The summed E-state index contributed by atoms with van der Waals surface area (Å²) in [7, 11) is 0. The van der Waals surface area contributed by atoms with Crippen LogP contribution in [0.1, 0.15) is 49.4 Å². The Balaban J connectivity index is 0.00000364. The van der Waals surface area contributed by atoms with Crippen molar-refractivity contribution in [1.29, 1.82) is 0 Å². The highest BCUT2D eigenvalue weighted by atomic mass is 35.5. The average Bonchev–Trinajstić information content (AvgIpc) is 2.54. The normalized spacial score (nSPS) is 18.7. The van der Waals surface area contributed by atoms with Gasteiger partial charge in [-0.15, -0.1) is 12.4 Å². The van der Waals surface area contributed by atoms with Gasteiger partial charge in [-0.1, -0.05) is 26.3 Å². The highest BCUT2D eigenvalue weighted by Crippen LogP contribution is 2.43. The molecule has 1 aliphatic rings. The lowest BCUT2D eigenvalue weighted by Gasteiger charge is -2.39. The number of alkyl halides is 6.